The van der Waals surface area contributed by atoms with Crippen molar-refractivity contribution in [3.05, 3.63) is 65.0 Å². The zero-order valence-corrected chi connectivity index (χ0v) is 18.3. The number of aryl methyl sites for hydroxylation is 4. The summed E-state index contributed by atoms with van der Waals surface area (Å²) in [7, 11) is -3.66. The lowest BCUT2D eigenvalue weighted by Gasteiger charge is -2.09. The van der Waals surface area contributed by atoms with Crippen LogP contribution in [0.5, 0.6) is 0 Å². The van der Waals surface area contributed by atoms with Gasteiger partial charge in [-0.15, -0.1) is 0 Å². The number of sulfonamides is 1. The average molecular weight is 428 g/mol. The molecule has 0 aliphatic rings. The minimum absolute atomic E-state index is 0.00108. The minimum atomic E-state index is -3.66. The Morgan fingerprint density at radius 3 is 2.47 bits per heavy atom. The van der Waals surface area contributed by atoms with Gasteiger partial charge >= 0.3 is 0 Å². The van der Waals surface area contributed by atoms with Gasteiger partial charge in [0, 0.05) is 24.2 Å². The quantitative estimate of drug-likeness (QED) is 0.596. The van der Waals surface area contributed by atoms with E-state index in [2.05, 4.69) is 15.0 Å². The summed E-state index contributed by atoms with van der Waals surface area (Å²) in [6.07, 6.45) is 0.00548. The molecule has 30 heavy (non-hydrogen) atoms. The maximum atomic E-state index is 12.4. The molecular weight excluding hydrogens is 402 g/mol. The molecule has 0 aliphatic heterocycles. The van der Waals surface area contributed by atoms with Crippen molar-refractivity contribution in [3.63, 3.8) is 0 Å². The zero-order chi connectivity index (χ0) is 21.9. The summed E-state index contributed by atoms with van der Waals surface area (Å²) in [6, 6.07) is 12.1. The number of benzene rings is 2. The summed E-state index contributed by atoms with van der Waals surface area (Å²) < 4.78 is 32.9. The van der Waals surface area contributed by atoms with E-state index in [4.69, 9.17) is 4.42 Å². The largest absolute Gasteiger partial charge is 0.441 e. The van der Waals surface area contributed by atoms with E-state index in [9.17, 15) is 13.2 Å². The molecule has 0 bridgehead atoms. The lowest BCUT2D eigenvalue weighted by molar-refractivity contribution is -0.116. The Morgan fingerprint density at radius 2 is 1.80 bits per heavy atom. The van der Waals surface area contributed by atoms with Crippen LogP contribution in [0.3, 0.4) is 0 Å². The number of amides is 1. The van der Waals surface area contributed by atoms with Crippen molar-refractivity contribution in [2.24, 2.45) is 0 Å². The number of aromatic nitrogens is 1. The van der Waals surface area contributed by atoms with E-state index in [-0.39, 0.29) is 23.8 Å². The van der Waals surface area contributed by atoms with Crippen LogP contribution < -0.4 is 10.0 Å². The van der Waals surface area contributed by atoms with Crippen LogP contribution in [0.25, 0.3) is 11.5 Å². The summed E-state index contributed by atoms with van der Waals surface area (Å²) in [6.45, 7) is 7.49. The molecule has 2 aromatic carbocycles. The molecule has 0 spiro atoms. The fourth-order valence-corrected chi connectivity index (χ4v) is 3.93. The van der Waals surface area contributed by atoms with Crippen LogP contribution in [0.4, 0.5) is 5.69 Å². The first kappa shape index (κ1) is 21.7. The van der Waals surface area contributed by atoms with Crippen LogP contribution >= 0.6 is 0 Å². The van der Waals surface area contributed by atoms with Crippen molar-refractivity contribution in [1.29, 1.82) is 0 Å². The number of nitrogens with zero attached hydrogens (tertiary/aromatic N) is 1. The minimum Gasteiger partial charge on any atom is -0.441 e. The van der Waals surface area contributed by atoms with Gasteiger partial charge in [-0.2, -0.15) is 0 Å². The predicted molar refractivity (Wildman–Crippen MR) is 116 cm³/mol. The predicted octanol–water partition coefficient (Wildman–Crippen LogP) is 3.88. The third-order valence-corrected chi connectivity index (χ3v) is 6.31. The number of nitrogens with one attached hydrogen (secondary N) is 2. The van der Waals surface area contributed by atoms with E-state index < -0.39 is 10.0 Å². The van der Waals surface area contributed by atoms with E-state index in [1.165, 1.54) is 0 Å². The molecular formula is C22H25N3O4S. The Kier molecular flexibility index (Phi) is 6.38. The van der Waals surface area contributed by atoms with E-state index in [1.54, 1.807) is 36.4 Å². The molecule has 1 heterocycles. The number of oxazole rings is 1. The zero-order valence-electron chi connectivity index (χ0n) is 17.4. The highest BCUT2D eigenvalue weighted by atomic mass is 32.2. The Bertz CT molecular complexity index is 1160. The normalized spacial score (nSPS) is 11.5. The molecule has 0 atom stereocenters. The smallest absolute Gasteiger partial charge is 0.240 e. The third-order valence-electron chi connectivity index (χ3n) is 4.85. The first-order valence-electron chi connectivity index (χ1n) is 9.57. The van der Waals surface area contributed by atoms with Gasteiger partial charge in [0.1, 0.15) is 5.76 Å². The van der Waals surface area contributed by atoms with Crippen molar-refractivity contribution in [1.82, 2.24) is 9.71 Å². The van der Waals surface area contributed by atoms with Crippen molar-refractivity contribution >= 4 is 21.6 Å². The number of hydrogen-bond acceptors (Lipinski definition) is 5. The average Bonchev–Trinajstić information content (AvgIpc) is 3.02. The van der Waals surface area contributed by atoms with Crippen LogP contribution in [-0.2, 0) is 14.8 Å². The van der Waals surface area contributed by atoms with E-state index >= 15 is 0 Å². The highest BCUT2D eigenvalue weighted by molar-refractivity contribution is 7.89. The van der Waals surface area contributed by atoms with Gasteiger partial charge in [-0.1, -0.05) is 12.1 Å². The standard InChI is InChI=1S/C22H25N3O4S/c1-14-8-9-20(12-15(14)2)30(27,28)23-11-10-21(26)25-19-7-5-6-18(13-19)22-24-16(3)17(4)29-22/h5-9,12-13,23H,10-11H2,1-4H3,(H,25,26). The SMILES string of the molecule is Cc1ccc(S(=O)(=O)NCCC(=O)Nc2cccc(-c3nc(C)c(C)o3)c2)cc1C. The molecule has 8 heteroatoms. The molecule has 1 amide bonds. The van der Waals surface area contributed by atoms with Crippen LogP contribution in [0, 0.1) is 27.7 Å². The molecule has 2 N–H and O–H groups in total. The molecule has 158 valence electrons. The Morgan fingerprint density at radius 1 is 1.03 bits per heavy atom. The first-order valence-corrected chi connectivity index (χ1v) is 11.1. The monoisotopic (exact) mass is 427 g/mol. The Labute approximate surface area is 176 Å². The molecule has 0 radical (unpaired) electrons. The summed E-state index contributed by atoms with van der Waals surface area (Å²) in [5.74, 6) is 0.937. The molecule has 3 aromatic rings. The number of anilines is 1. The van der Waals surface area contributed by atoms with Gasteiger partial charge in [0.15, 0.2) is 0 Å². The fraction of sp³-hybridized carbons (Fsp3) is 0.273. The van der Waals surface area contributed by atoms with Gasteiger partial charge in [0.05, 0.1) is 10.6 Å². The van der Waals surface area contributed by atoms with Crippen LogP contribution in [-0.4, -0.2) is 25.9 Å². The molecule has 0 fully saturated rings. The van der Waals surface area contributed by atoms with E-state index in [1.807, 2.05) is 33.8 Å². The van der Waals surface area contributed by atoms with Gasteiger partial charge in [-0.05, 0) is 69.2 Å². The molecule has 0 aliphatic carbocycles. The third kappa shape index (κ3) is 5.14. The van der Waals surface area contributed by atoms with Crippen LogP contribution in [0.15, 0.2) is 51.8 Å². The number of rotatable bonds is 7. The van der Waals surface area contributed by atoms with Crippen molar-refractivity contribution in [2.45, 2.75) is 39.0 Å². The molecule has 0 saturated carbocycles. The fourth-order valence-electron chi connectivity index (χ4n) is 2.81. The summed E-state index contributed by atoms with van der Waals surface area (Å²) in [5.41, 5.74) is 4.07. The molecule has 0 unspecified atom stereocenters. The lowest BCUT2D eigenvalue weighted by Crippen LogP contribution is -2.28. The Balaban J connectivity index is 1.58. The summed E-state index contributed by atoms with van der Waals surface area (Å²) in [4.78, 5) is 16.8. The molecule has 1 aromatic heterocycles. The maximum Gasteiger partial charge on any atom is 0.240 e. The number of hydrogen-bond donors (Lipinski definition) is 2. The highest BCUT2D eigenvalue weighted by Crippen LogP contribution is 2.24. The van der Waals surface area contributed by atoms with E-state index in [0.29, 0.717) is 11.6 Å². The summed E-state index contributed by atoms with van der Waals surface area (Å²) in [5, 5.41) is 2.77. The van der Waals surface area contributed by atoms with Gasteiger partial charge in [0.25, 0.3) is 0 Å². The second-order valence-electron chi connectivity index (χ2n) is 7.18. The second kappa shape index (κ2) is 8.81. The lowest BCUT2D eigenvalue weighted by atomic mass is 10.1. The topological polar surface area (TPSA) is 101 Å². The molecule has 0 saturated heterocycles. The van der Waals surface area contributed by atoms with Crippen molar-refractivity contribution < 1.29 is 17.6 Å². The second-order valence-corrected chi connectivity index (χ2v) is 8.95. The van der Waals surface area contributed by atoms with Crippen LogP contribution in [0.1, 0.15) is 29.0 Å². The number of carbonyl (C=O) groups excluding carboxylic acids is 1. The van der Waals surface area contributed by atoms with E-state index in [0.717, 1.165) is 28.1 Å². The van der Waals surface area contributed by atoms with Gasteiger partial charge in [-0.3, -0.25) is 4.79 Å². The maximum absolute atomic E-state index is 12.4. The van der Waals surface area contributed by atoms with Gasteiger partial charge in [0.2, 0.25) is 21.8 Å². The summed E-state index contributed by atoms with van der Waals surface area (Å²) >= 11 is 0. The van der Waals surface area contributed by atoms with Crippen LogP contribution in [0.2, 0.25) is 0 Å². The Hall–Kier alpha value is -2.97. The van der Waals surface area contributed by atoms with Gasteiger partial charge in [-0.25, -0.2) is 18.1 Å². The van der Waals surface area contributed by atoms with Gasteiger partial charge < -0.3 is 9.73 Å². The molecule has 7 nitrogen and oxygen atoms in total. The van der Waals surface area contributed by atoms with Crippen molar-refractivity contribution in [2.75, 3.05) is 11.9 Å². The number of carbonyl (C=O) groups is 1. The highest BCUT2D eigenvalue weighted by Gasteiger charge is 2.15. The van der Waals surface area contributed by atoms with Crippen molar-refractivity contribution in [3.8, 4) is 11.5 Å². The first-order chi connectivity index (χ1) is 14.2. The molecule has 3 rings (SSSR count).